The molecular formula is C12H19NO2S. The van der Waals surface area contributed by atoms with Gasteiger partial charge in [-0.3, -0.25) is 0 Å². The van der Waals surface area contributed by atoms with Crippen molar-refractivity contribution >= 4 is 17.4 Å². The van der Waals surface area contributed by atoms with Crippen LogP contribution in [0.5, 0.6) is 11.5 Å². The first-order valence-corrected chi connectivity index (χ1v) is 6.51. The van der Waals surface area contributed by atoms with E-state index >= 15 is 0 Å². The Hall–Kier alpha value is -1.03. The average Bonchev–Trinajstić information content (AvgIpc) is 2.34. The Balaban J connectivity index is 2.57. The number of nitrogens with one attached hydrogen (secondary N) is 1. The lowest BCUT2D eigenvalue weighted by molar-refractivity contribution is 0.395. The molecule has 0 aliphatic heterocycles. The number of hydrogen-bond acceptors (Lipinski definition) is 4. The lowest BCUT2D eigenvalue weighted by Crippen LogP contribution is -2.05. The minimum Gasteiger partial charge on any atom is -0.497 e. The van der Waals surface area contributed by atoms with Gasteiger partial charge >= 0.3 is 0 Å². The SMILES string of the molecule is CCSCCNc1ccc(OC)cc1OC. The van der Waals surface area contributed by atoms with Crippen LogP contribution in [0.1, 0.15) is 6.92 Å². The van der Waals surface area contributed by atoms with E-state index in [1.165, 1.54) is 0 Å². The molecule has 0 spiro atoms. The van der Waals surface area contributed by atoms with Gasteiger partial charge in [0.25, 0.3) is 0 Å². The van der Waals surface area contributed by atoms with Gasteiger partial charge in [0.05, 0.1) is 19.9 Å². The van der Waals surface area contributed by atoms with Crippen LogP contribution in [0.4, 0.5) is 5.69 Å². The predicted octanol–water partition coefficient (Wildman–Crippen LogP) is 2.87. The Bertz CT molecular complexity index is 318. The molecule has 0 radical (unpaired) electrons. The van der Waals surface area contributed by atoms with Gasteiger partial charge in [-0.1, -0.05) is 6.92 Å². The summed E-state index contributed by atoms with van der Waals surface area (Å²) >= 11 is 1.92. The van der Waals surface area contributed by atoms with Crippen molar-refractivity contribution in [2.45, 2.75) is 6.92 Å². The molecule has 1 N–H and O–H groups in total. The molecule has 0 aromatic heterocycles. The number of thioether (sulfide) groups is 1. The summed E-state index contributed by atoms with van der Waals surface area (Å²) in [5.74, 6) is 3.89. The molecule has 0 atom stereocenters. The molecule has 4 heteroatoms. The van der Waals surface area contributed by atoms with Gasteiger partial charge in [-0.15, -0.1) is 0 Å². The molecule has 0 aliphatic rings. The molecule has 0 amide bonds. The van der Waals surface area contributed by atoms with Crippen molar-refractivity contribution in [3.05, 3.63) is 18.2 Å². The molecule has 16 heavy (non-hydrogen) atoms. The van der Waals surface area contributed by atoms with E-state index in [1.807, 2.05) is 30.0 Å². The lowest BCUT2D eigenvalue weighted by atomic mass is 10.2. The molecule has 0 saturated carbocycles. The highest BCUT2D eigenvalue weighted by Gasteiger charge is 2.03. The van der Waals surface area contributed by atoms with Crippen LogP contribution < -0.4 is 14.8 Å². The van der Waals surface area contributed by atoms with Crippen molar-refractivity contribution in [2.75, 3.05) is 37.6 Å². The number of ether oxygens (including phenoxy) is 2. The van der Waals surface area contributed by atoms with E-state index in [1.54, 1.807) is 14.2 Å². The van der Waals surface area contributed by atoms with Gasteiger partial charge in [0.15, 0.2) is 0 Å². The van der Waals surface area contributed by atoms with E-state index < -0.39 is 0 Å². The van der Waals surface area contributed by atoms with E-state index in [4.69, 9.17) is 9.47 Å². The van der Waals surface area contributed by atoms with Crippen molar-refractivity contribution in [3.8, 4) is 11.5 Å². The number of anilines is 1. The van der Waals surface area contributed by atoms with Gasteiger partial charge in [-0.25, -0.2) is 0 Å². The fourth-order valence-corrected chi connectivity index (χ4v) is 1.88. The van der Waals surface area contributed by atoms with Gasteiger partial charge in [0.1, 0.15) is 11.5 Å². The van der Waals surface area contributed by atoms with Gasteiger partial charge < -0.3 is 14.8 Å². The van der Waals surface area contributed by atoms with Crippen molar-refractivity contribution in [1.82, 2.24) is 0 Å². The molecule has 1 aromatic carbocycles. The Morgan fingerprint density at radius 3 is 2.69 bits per heavy atom. The Labute approximate surface area is 102 Å². The van der Waals surface area contributed by atoms with Crippen LogP contribution >= 0.6 is 11.8 Å². The third-order valence-corrected chi connectivity index (χ3v) is 3.08. The van der Waals surface area contributed by atoms with Crippen molar-refractivity contribution in [2.24, 2.45) is 0 Å². The highest BCUT2D eigenvalue weighted by molar-refractivity contribution is 7.99. The number of methoxy groups -OCH3 is 2. The monoisotopic (exact) mass is 241 g/mol. The second-order valence-corrected chi connectivity index (χ2v) is 4.58. The zero-order valence-corrected chi connectivity index (χ0v) is 10.9. The van der Waals surface area contributed by atoms with Crippen LogP contribution in [0.15, 0.2) is 18.2 Å². The van der Waals surface area contributed by atoms with Crippen LogP contribution in [0, 0.1) is 0 Å². The van der Waals surface area contributed by atoms with E-state index in [9.17, 15) is 0 Å². The van der Waals surface area contributed by atoms with Crippen LogP contribution in [-0.2, 0) is 0 Å². The first-order chi connectivity index (χ1) is 7.81. The Morgan fingerprint density at radius 1 is 1.25 bits per heavy atom. The van der Waals surface area contributed by atoms with E-state index in [2.05, 4.69) is 12.2 Å². The van der Waals surface area contributed by atoms with Crippen molar-refractivity contribution in [1.29, 1.82) is 0 Å². The van der Waals surface area contributed by atoms with Crippen molar-refractivity contribution in [3.63, 3.8) is 0 Å². The van der Waals surface area contributed by atoms with E-state index in [0.29, 0.717) is 0 Å². The van der Waals surface area contributed by atoms with Crippen molar-refractivity contribution < 1.29 is 9.47 Å². The molecule has 1 rings (SSSR count). The lowest BCUT2D eigenvalue weighted by Gasteiger charge is -2.12. The summed E-state index contributed by atoms with van der Waals surface area (Å²) in [6.45, 7) is 3.11. The molecule has 0 heterocycles. The molecule has 1 aromatic rings. The molecule has 0 aliphatic carbocycles. The number of hydrogen-bond donors (Lipinski definition) is 1. The summed E-state index contributed by atoms with van der Waals surface area (Å²) in [7, 11) is 3.32. The average molecular weight is 241 g/mol. The van der Waals surface area contributed by atoms with Gasteiger partial charge in [-0.05, 0) is 17.9 Å². The molecular weight excluding hydrogens is 222 g/mol. The number of rotatable bonds is 7. The minimum absolute atomic E-state index is 0.810. The maximum Gasteiger partial charge on any atom is 0.145 e. The zero-order valence-electron chi connectivity index (χ0n) is 10.1. The number of benzene rings is 1. The standard InChI is InChI=1S/C12H19NO2S/c1-4-16-8-7-13-11-6-5-10(14-2)9-12(11)15-3/h5-6,9,13H,4,7-8H2,1-3H3. The van der Waals surface area contributed by atoms with E-state index in [-0.39, 0.29) is 0 Å². The quantitative estimate of drug-likeness (QED) is 0.744. The summed E-state index contributed by atoms with van der Waals surface area (Å²) < 4.78 is 10.4. The van der Waals surface area contributed by atoms with E-state index in [0.717, 1.165) is 35.2 Å². The third-order valence-electron chi connectivity index (χ3n) is 2.17. The smallest absolute Gasteiger partial charge is 0.145 e. The first-order valence-electron chi connectivity index (χ1n) is 5.35. The molecule has 90 valence electrons. The molecule has 0 bridgehead atoms. The largest absolute Gasteiger partial charge is 0.497 e. The first kappa shape index (κ1) is 13.0. The predicted molar refractivity (Wildman–Crippen MR) is 71.0 cm³/mol. The molecule has 0 saturated heterocycles. The van der Waals surface area contributed by atoms with Crippen LogP contribution in [-0.4, -0.2) is 32.3 Å². The highest BCUT2D eigenvalue weighted by Crippen LogP contribution is 2.28. The highest BCUT2D eigenvalue weighted by atomic mass is 32.2. The van der Waals surface area contributed by atoms with Crippen LogP contribution in [0.2, 0.25) is 0 Å². The second kappa shape index (κ2) is 7.28. The summed E-state index contributed by atoms with van der Waals surface area (Å²) in [5.41, 5.74) is 1.01. The van der Waals surface area contributed by atoms with Gasteiger partial charge in [-0.2, -0.15) is 11.8 Å². The topological polar surface area (TPSA) is 30.5 Å². The minimum atomic E-state index is 0.810. The Morgan fingerprint density at radius 2 is 2.06 bits per heavy atom. The second-order valence-electron chi connectivity index (χ2n) is 3.19. The van der Waals surface area contributed by atoms with Gasteiger partial charge in [0, 0.05) is 18.4 Å². The van der Waals surface area contributed by atoms with Gasteiger partial charge in [0.2, 0.25) is 0 Å². The summed E-state index contributed by atoms with van der Waals surface area (Å²) in [6, 6.07) is 5.79. The van der Waals surface area contributed by atoms with Crippen LogP contribution in [0.3, 0.4) is 0 Å². The fraction of sp³-hybridized carbons (Fsp3) is 0.500. The van der Waals surface area contributed by atoms with Crippen LogP contribution in [0.25, 0.3) is 0 Å². The fourth-order valence-electron chi connectivity index (χ4n) is 1.35. The normalized spacial score (nSPS) is 9.94. The molecule has 0 unspecified atom stereocenters. The molecule has 3 nitrogen and oxygen atoms in total. The summed E-state index contributed by atoms with van der Waals surface area (Å²) in [6.07, 6.45) is 0. The summed E-state index contributed by atoms with van der Waals surface area (Å²) in [5, 5.41) is 3.35. The Kier molecular flexibility index (Phi) is 5.93. The summed E-state index contributed by atoms with van der Waals surface area (Å²) in [4.78, 5) is 0. The maximum absolute atomic E-state index is 5.30. The molecule has 0 fully saturated rings. The third kappa shape index (κ3) is 3.85. The maximum atomic E-state index is 5.30. The zero-order chi connectivity index (χ0) is 11.8.